The monoisotopic (exact) mass is 459 g/mol. The molecule has 1 aliphatic heterocycles. The van der Waals surface area contributed by atoms with E-state index in [4.69, 9.17) is 5.73 Å². The summed E-state index contributed by atoms with van der Waals surface area (Å²) < 4.78 is 0. The van der Waals surface area contributed by atoms with Crippen LogP contribution in [0.3, 0.4) is 0 Å². The molecule has 0 spiro atoms. The first-order valence-corrected chi connectivity index (χ1v) is 11.6. The van der Waals surface area contributed by atoms with Crippen molar-refractivity contribution in [3.63, 3.8) is 0 Å². The smallest absolute Gasteiger partial charge is 0.326 e. The summed E-state index contributed by atoms with van der Waals surface area (Å²) in [4.78, 5) is 60.7. The standard InChI is InChI=1S/C19H33N5O6S/c1-10(2)15(18(28)22-12(19(29)30)6-8-31-3)24-17(27)13(9-14(20)25)23-16(26)11-5-4-7-21-11/h10-13,15,21H,4-9H2,1-3H3,(H2,20,25)(H,22,28)(H,23,26)(H,24,27)(H,29,30). The number of carbonyl (C=O) groups is 5. The molecule has 0 aromatic carbocycles. The molecule has 0 bridgehead atoms. The summed E-state index contributed by atoms with van der Waals surface area (Å²) in [6.07, 6.45) is 3.06. The molecule has 4 unspecified atom stereocenters. The summed E-state index contributed by atoms with van der Waals surface area (Å²) in [5.74, 6) is -3.61. The van der Waals surface area contributed by atoms with E-state index >= 15 is 0 Å². The Morgan fingerprint density at radius 1 is 1.10 bits per heavy atom. The molecule has 31 heavy (non-hydrogen) atoms. The summed E-state index contributed by atoms with van der Waals surface area (Å²) in [6.45, 7) is 4.06. The molecular weight excluding hydrogens is 426 g/mol. The Bertz CT molecular complexity index is 668. The van der Waals surface area contributed by atoms with Crippen LogP contribution in [-0.2, 0) is 24.0 Å². The maximum absolute atomic E-state index is 12.8. The van der Waals surface area contributed by atoms with Crippen molar-refractivity contribution < 1.29 is 29.1 Å². The van der Waals surface area contributed by atoms with Gasteiger partial charge in [0.1, 0.15) is 18.1 Å². The second-order valence-corrected chi connectivity index (χ2v) is 8.78. The van der Waals surface area contributed by atoms with Crippen LogP contribution in [0.15, 0.2) is 0 Å². The molecule has 1 heterocycles. The van der Waals surface area contributed by atoms with E-state index in [-0.39, 0.29) is 12.3 Å². The van der Waals surface area contributed by atoms with Crippen molar-refractivity contribution in [2.75, 3.05) is 18.6 Å². The van der Waals surface area contributed by atoms with E-state index in [1.54, 1.807) is 13.8 Å². The molecule has 0 saturated carbocycles. The highest BCUT2D eigenvalue weighted by atomic mass is 32.2. The van der Waals surface area contributed by atoms with Crippen LogP contribution in [0.5, 0.6) is 0 Å². The minimum Gasteiger partial charge on any atom is -0.480 e. The number of amides is 4. The number of thioether (sulfide) groups is 1. The number of hydrogen-bond donors (Lipinski definition) is 6. The Morgan fingerprint density at radius 2 is 1.77 bits per heavy atom. The third-order valence-electron chi connectivity index (χ3n) is 4.89. The predicted molar refractivity (Wildman–Crippen MR) is 116 cm³/mol. The first kappa shape index (κ1) is 26.7. The molecule has 4 amide bonds. The van der Waals surface area contributed by atoms with Crippen LogP contribution in [0.2, 0.25) is 0 Å². The van der Waals surface area contributed by atoms with Gasteiger partial charge in [-0.05, 0) is 43.7 Å². The molecule has 0 aromatic heterocycles. The molecule has 0 radical (unpaired) electrons. The third-order valence-corrected chi connectivity index (χ3v) is 5.53. The van der Waals surface area contributed by atoms with E-state index in [1.165, 1.54) is 11.8 Å². The van der Waals surface area contributed by atoms with Crippen LogP contribution in [0, 0.1) is 5.92 Å². The van der Waals surface area contributed by atoms with E-state index in [2.05, 4.69) is 21.3 Å². The van der Waals surface area contributed by atoms with E-state index in [1.807, 2.05) is 6.26 Å². The maximum atomic E-state index is 12.8. The second-order valence-electron chi connectivity index (χ2n) is 7.79. The molecular formula is C19H33N5O6S. The van der Waals surface area contributed by atoms with Gasteiger partial charge in [-0.1, -0.05) is 13.8 Å². The predicted octanol–water partition coefficient (Wildman–Crippen LogP) is -1.44. The number of primary amides is 1. The Kier molecular flexibility index (Phi) is 11.3. The van der Waals surface area contributed by atoms with Crippen LogP contribution < -0.4 is 27.0 Å². The molecule has 1 aliphatic rings. The normalized spacial score (nSPS) is 18.6. The van der Waals surface area contributed by atoms with E-state index in [0.29, 0.717) is 18.7 Å². The zero-order valence-electron chi connectivity index (χ0n) is 18.1. The second kappa shape index (κ2) is 13.2. The zero-order valence-corrected chi connectivity index (χ0v) is 18.9. The molecule has 0 aliphatic carbocycles. The quantitative estimate of drug-likeness (QED) is 0.194. The fraction of sp³-hybridized carbons (Fsp3) is 0.737. The van der Waals surface area contributed by atoms with Crippen LogP contribution in [-0.4, -0.2) is 77.4 Å². The minimum absolute atomic E-state index is 0.232. The van der Waals surface area contributed by atoms with Crippen molar-refractivity contribution >= 4 is 41.4 Å². The van der Waals surface area contributed by atoms with Gasteiger partial charge in [0, 0.05) is 0 Å². The fourth-order valence-electron chi connectivity index (χ4n) is 3.13. The first-order chi connectivity index (χ1) is 14.6. The highest BCUT2D eigenvalue weighted by Crippen LogP contribution is 2.08. The fourth-order valence-corrected chi connectivity index (χ4v) is 3.61. The van der Waals surface area contributed by atoms with Gasteiger partial charge in [0.15, 0.2) is 0 Å². The highest BCUT2D eigenvalue weighted by Gasteiger charge is 2.33. The van der Waals surface area contributed by atoms with Gasteiger partial charge in [0.25, 0.3) is 0 Å². The maximum Gasteiger partial charge on any atom is 0.326 e. The average Bonchev–Trinajstić information content (AvgIpc) is 3.22. The van der Waals surface area contributed by atoms with Crippen molar-refractivity contribution in [3.05, 3.63) is 0 Å². The summed E-state index contributed by atoms with van der Waals surface area (Å²) >= 11 is 1.45. The number of aliphatic carboxylic acids is 1. The SMILES string of the molecule is CSCCC(NC(=O)C(NC(=O)C(CC(N)=O)NC(=O)C1CCCN1)C(C)C)C(=O)O. The van der Waals surface area contributed by atoms with Gasteiger partial charge in [0.2, 0.25) is 23.6 Å². The van der Waals surface area contributed by atoms with Gasteiger partial charge >= 0.3 is 5.97 Å². The van der Waals surface area contributed by atoms with E-state index in [0.717, 1.165) is 6.42 Å². The Balaban J connectivity index is 2.86. The van der Waals surface area contributed by atoms with Gasteiger partial charge in [-0.25, -0.2) is 4.79 Å². The lowest BCUT2D eigenvalue weighted by Gasteiger charge is -2.26. The Labute approximate surface area is 186 Å². The number of nitrogens with one attached hydrogen (secondary N) is 4. The van der Waals surface area contributed by atoms with Gasteiger partial charge in [-0.15, -0.1) is 0 Å². The number of carbonyl (C=O) groups excluding carboxylic acids is 4. The number of carboxylic acid groups (broad SMARTS) is 1. The average molecular weight is 460 g/mol. The van der Waals surface area contributed by atoms with Crippen LogP contribution in [0.25, 0.3) is 0 Å². The molecule has 12 heteroatoms. The molecule has 11 nitrogen and oxygen atoms in total. The molecule has 1 rings (SSSR count). The van der Waals surface area contributed by atoms with Crippen LogP contribution >= 0.6 is 11.8 Å². The summed E-state index contributed by atoms with van der Waals surface area (Å²) in [6, 6.07) is -3.85. The van der Waals surface area contributed by atoms with E-state index < -0.39 is 60.2 Å². The first-order valence-electron chi connectivity index (χ1n) is 10.2. The summed E-state index contributed by atoms with van der Waals surface area (Å²) in [5.41, 5.74) is 5.22. The van der Waals surface area contributed by atoms with Gasteiger partial charge < -0.3 is 32.1 Å². The highest BCUT2D eigenvalue weighted by molar-refractivity contribution is 7.98. The van der Waals surface area contributed by atoms with Crippen molar-refractivity contribution in [1.82, 2.24) is 21.3 Å². The molecule has 4 atom stereocenters. The number of rotatable bonds is 13. The molecule has 176 valence electrons. The zero-order chi connectivity index (χ0) is 23.6. The van der Waals surface area contributed by atoms with E-state index in [9.17, 15) is 29.1 Å². The molecule has 1 saturated heterocycles. The summed E-state index contributed by atoms with van der Waals surface area (Å²) in [7, 11) is 0. The number of carboxylic acids is 1. The van der Waals surface area contributed by atoms with Crippen LogP contribution in [0.4, 0.5) is 0 Å². The molecule has 7 N–H and O–H groups in total. The van der Waals surface area contributed by atoms with Crippen molar-refractivity contribution in [3.8, 4) is 0 Å². The van der Waals surface area contributed by atoms with Gasteiger partial charge in [-0.3, -0.25) is 19.2 Å². The largest absolute Gasteiger partial charge is 0.480 e. The minimum atomic E-state index is -1.24. The summed E-state index contributed by atoms with van der Waals surface area (Å²) in [5, 5.41) is 19.8. The van der Waals surface area contributed by atoms with Crippen molar-refractivity contribution in [2.24, 2.45) is 11.7 Å². The van der Waals surface area contributed by atoms with Crippen LogP contribution in [0.1, 0.15) is 39.5 Å². The lowest BCUT2D eigenvalue weighted by molar-refractivity contribution is -0.142. The van der Waals surface area contributed by atoms with Crippen molar-refractivity contribution in [2.45, 2.75) is 63.7 Å². The lowest BCUT2D eigenvalue weighted by Crippen LogP contribution is -2.59. The van der Waals surface area contributed by atoms with Gasteiger partial charge in [0.05, 0.1) is 12.5 Å². The topological polar surface area (TPSA) is 180 Å². The van der Waals surface area contributed by atoms with Gasteiger partial charge in [-0.2, -0.15) is 11.8 Å². The molecule has 0 aromatic rings. The Hall–Kier alpha value is -2.34. The lowest BCUT2D eigenvalue weighted by atomic mass is 10.0. The molecule has 1 fully saturated rings. The van der Waals surface area contributed by atoms with Crippen molar-refractivity contribution in [1.29, 1.82) is 0 Å². The number of hydrogen-bond acceptors (Lipinski definition) is 7. The Morgan fingerprint density at radius 3 is 2.26 bits per heavy atom. The third kappa shape index (κ3) is 9.13. The number of nitrogens with two attached hydrogens (primary N) is 1.